The number of hydrogen-bond donors (Lipinski definition) is 1. The van der Waals surface area contributed by atoms with Crippen molar-refractivity contribution in [2.45, 2.75) is 25.1 Å². The van der Waals surface area contributed by atoms with E-state index in [0.29, 0.717) is 19.4 Å². The van der Waals surface area contributed by atoms with Crippen molar-refractivity contribution in [3.8, 4) is 0 Å². The number of nitrogens with zero attached hydrogens (tertiary/aromatic N) is 1. The van der Waals surface area contributed by atoms with Crippen LogP contribution in [0.15, 0.2) is 24.3 Å². The predicted molar refractivity (Wildman–Crippen MR) is 70.4 cm³/mol. The lowest BCUT2D eigenvalue weighted by atomic mass is 10.1. The molecule has 2 rings (SSSR count). The third-order valence-electron chi connectivity index (χ3n) is 3.33. The van der Waals surface area contributed by atoms with Crippen LogP contribution in [0.5, 0.6) is 0 Å². The summed E-state index contributed by atoms with van der Waals surface area (Å²) in [5, 5.41) is 9.24. The van der Waals surface area contributed by atoms with E-state index in [9.17, 15) is 23.1 Å². The summed E-state index contributed by atoms with van der Waals surface area (Å²) in [7, 11) is 0. The lowest BCUT2D eigenvalue weighted by Crippen LogP contribution is -2.39. The molecule has 0 amide bonds. The topological polar surface area (TPSA) is 49.8 Å². The monoisotopic (exact) mass is 303 g/mol. The van der Waals surface area contributed by atoms with E-state index >= 15 is 0 Å². The number of carboxylic acid groups (broad SMARTS) is 1. The van der Waals surface area contributed by atoms with E-state index in [2.05, 4.69) is 4.74 Å². The quantitative estimate of drug-likeness (QED) is 0.820. The molecule has 0 aliphatic carbocycles. The number of carbonyl (C=O) groups is 1. The Morgan fingerprint density at radius 2 is 2.10 bits per heavy atom. The van der Waals surface area contributed by atoms with Gasteiger partial charge in [-0.15, -0.1) is 0 Å². The van der Waals surface area contributed by atoms with Gasteiger partial charge in [-0.25, -0.2) is 4.79 Å². The highest BCUT2D eigenvalue weighted by Gasteiger charge is 2.33. The maximum absolute atomic E-state index is 11.9. The van der Waals surface area contributed by atoms with Crippen molar-refractivity contribution in [2.24, 2.45) is 0 Å². The van der Waals surface area contributed by atoms with E-state index in [0.717, 1.165) is 11.3 Å². The molecule has 1 aliphatic heterocycles. The van der Waals surface area contributed by atoms with Gasteiger partial charge in [0.1, 0.15) is 12.6 Å². The Kier molecular flexibility index (Phi) is 4.72. The summed E-state index contributed by atoms with van der Waals surface area (Å²) < 4.78 is 40.3. The highest BCUT2D eigenvalue weighted by atomic mass is 19.4. The van der Waals surface area contributed by atoms with Gasteiger partial charge in [0.15, 0.2) is 0 Å². The van der Waals surface area contributed by atoms with Crippen LogP contribution in [0.2, 0.25) is 0 Å². The van der Waals surface area contributed by atoms with Crippen molar-refractivity contribution in [1.82, 2.24) is 0 Å². The number of alkyl halides is 3. The number of anilines is 1. The van der Waals surface area contributed by atoms with Crippen molar-refractivity contribution >= 4 is 11.7 Å². The second-order valence-electron chi connectivity index (χ2n) is 4.90. The van der Waals surface area contributed by atoms with Crippen LogP contribution in [0.4, 0.5) is 18.9 Å². The molecular formula is C14H16F3NO3. The lowest BCUT2D eigenvalue weighted by Gasteiger charge is -2.24. The number of benzene rings is 1. The van der Waals surface area contributed by atoms with Gasteiger partial charge in [0.05, 0.1) is 0 Å². The Morgan fingerprint density at radius 1 is 1.38 bits per heavy atom. The minimum absolute atomic E-state index is 0.0511. The summed E-state index contributed by atoms with van der Waals surface area (Å²) >= 11 is 0. The number of ether oxygens (including phenoxy) is 1. The molecule has 0 aromatic heterocycles. The highest BCUT2D eigenvalue weighted by Crippen LogP contribution is 2.32. The van der Waals surface area contributed by atoms with Gasteiger partial charge in [-0.2, -0.15) is 13.2 Å². The molecule has 1 aromatic carbocycles. The fourth-order valence-electron chi connectivity index (χ4n) is 2.47. The molecule has 21 heavy (non-hydrogen) atoms. The molecule has 0 saturated carbocycles. The molecule has 0 fully saturated rings. The van der Waals surface area contributed by atoms with Gasteiger partial charge < -0.3 is 14.7 Å². The third kappa shape index (κ3) is 4.10. The van der Waals surface area contributed by atoms with Gasteiger partial charge in [0, 0.05) is 25.3 Å². The number of rotatable bonds is 6. The summed E-state index contributed by atoms with van der Waals surface area (Å²) in [6.07, 6.45) is -3.58. The maximum Gasteiger partial charge on any atom is 0.411 e. The molecule has 1 atom stereocenters. The molecule has 0 bridgehead atoms. The van der Waals surface area contributed by atoms with Gasteiger partial charge in [0.2, 0.25) is 0 Å². The van der Waals surface area contributed by atoms with Crippen LogP contribution >= 0.6 is 0 Å². The van der Waals surface area contributed by atoms with Gasteiger partial charge in [0.25, 0.3) is 0 Å². The van der Waals surface area contributed by atoms with E-state index in [1.54, 1.807) is 4.90 Å². The second-order valence-corrected chi connectivity index (χ2v) is 4.90. The van der Waals surface area contributed by atoms with Gasteiger partial charge >= 0.3 is 12.1 Å². The van der Waals surface area contributed by atoms with Crippen molar-refractivity contribution in [1.29, 1.82) is 0 Å². The van der Waals surface area contributed by atoms with Gasteiger partial charge in [-0.3, -0.25) is 0 Å². The normalized spacial score (nSPS) is 17.9. The van der Waals surface area contributed by atoms with E-state index in [4.69, 9.17) is 0 Å². The molecule has 1 aliphatic rings. The predicted octanol–water partition coefficient (Wildman–Crippen LogP) is 2.47. The number of halogens is 3. The van der Waals surface area contributed by atoms with Gasteiger partial charge in [-0.1, -0.05) is 18.2 Å². The zero-order chi connectivity index (χ0) is 15.5. The molecule has 7 heteroatoms. The van der Waals surface area contributed by atoms with Crippen LogP contribution in [0.3, 0.4) is 0 Å². The van der Waals surface area contributed by atoms with Crippen molar-refractivity contribution in [2.75, 3.05) is 24.7 Å². The fraction of sp³-hybridized carbons (Fsp3) is 0.500. The Labute approximate surface area is 120 Å². The highest BCUT2D eigenvalue weighted by molar-refractivity contribution is 5.82. The van der Waals surface area contributed by atoms with Gasteiger partial charge in [-0.05, 0) is 18.1 Å². The Balaban J connectivity index is 1.89. The molecule has 0 saturated heterocycles. The third-order valence-corrected chi connectivity index (χ3v) is 3.33. The summed E-state index contributed by atoms with van der Waals surface area (Å²) in [6.45, 7) is -0.970. The molecular weight excluding hydrogens is 287 g/mol. The van der Waals surface area contributed by atoms with Crippen molar-refractivity contribution < 1.29 is 27.8 Å². The van der Waals surface area contributed by atoms with Crippen LogP contribution in [0.1, 0.15) is 12.0 Å². The van der Waals surface area contributed by atoms with Crippen LogP contribution in [-0.4, -0.2) is 43.1 Å². The fourth-order valence-corrected chi connectivity index (χ4v) is 2.47. The first-order valence-electron chi connectivity index (χ1n) is 6.60. The first-order valence-corrected chi connectivity index (χ1v) is 6.60. The largest absolute Gasteiger partial charge is 0.480 e. The first kappa shape index (κ1) is 15.6. The molecule has 116 valence electrons. The number of hydrogen-bond acceptors (Lipinski definition) is 3. The number of carboxylic acids is 1. The molecule has 4 nitrogen and oxygen atoms in total. The molecule has 1 unspecified atom stereocenters. The Morgan fingerprint density at radius 3 is 2.76 bits per heavy atom. The average molecular weight is 303 g/mol. The molecule has 1 aromatic rings. The Bertz CT molecular complexity index is 504. The van der Waals surface area contributed by atoms with E-state index in [1.807, 2.05) is 24.3 Å². The van der Waals surface area contributed by atoms with Crippen LogP contribution in [0, 0.1) is 0 Å². The molecule has 1 N–H and O–H groups in total. The number of fused-ring (bicyclic) bond motifs is 1. The van der Waals surface area contributed by atoms with E-state index in [1.165, 1.54) is 0 Å². The molecule has 0 radical (unpaired) electrons. The van der Waals surface area contributed by atoms with Crippen LogP contribution in [0.25, 0.3) is 0 Å². The summed E-state index contributed by atoms with van der Waals surface area (Å²) in [5.74, 6) is -0.928. The number of para-hydroxylation sites is 1. The zero-order valence-corrected chi connectivity index (χ0v) is 11.3. The minimum Gasteiger partial charge on any atom is -0.480 e. The smallest absolute Gasteiger partial charge is 0.411 e. The first-order chi connectivity index (χ1) is 9.88. The number of aliphatic carboxylic acids is 1. The van der Waals surface area contributed by atoms with E-state index in [-0.39, 0.29) is 6.61 Å². The minimum atomic E-state index is -4.33. The lowest BCUT2D eigenvalue weighted by molar-refractivity contribution is -0.173. The average Bonchev–Trinajstić information content (AvgIpc) is 2.76. The molecule has 0 spiro atoms. The standard InChI is InChI=1S/C14H16F3NO3/c15-14(16,17)9-21-7-3-6-18-11-5-2-1-4-10(11)8-12(18)13(19)20/h1-2,4-5,12H,3,6-9H2,(H,19,20). The summed E-state index contributed by atoms with van der Waals surface area (Å²) in [4.78, 5) is 13.0. The maximum atomic E-state index is 11.9. The van der Waals surface area contributed by atoms with E-state index < -0.39 is 24.8 Å². The van der Waals surface area contributed by atoms with Crippen LogP contribution in [-0.2, 0) is 16.0 Å². The van der Waals surface area contributed by atoms with Crippen molar-refractivity contribution in [3.63, 3.8) is 0 Å². The Hall–Kier alpha value is -1.76. The second kappa shape index (κ2) is 6.34. The molecule has 1 heterocycles. The summed E-state index contributed by atoms with van der Waals surface area (Å²) in [6, 6.07) is 6.69. The van der Waals surface area contributed by atoms with Crippen molar-refractivity contribution in [3.05, 3.63) is 29.8 Å². The summed E-state index contributed by atoms with van der Waals surface area (Å²) in [5.41, 5.74) is 1.78. The van der Waals surface area contributed by atoms with Crippen LogP contribution < -0.4 is 4.90 Å². The SMILES string of the molecule is O=C(O)C1Cc2ccccc2N1CCCOCC(F)(F)F. The zero-order valence-electron chi connectivity index (χ0n) is 11.3.